The van der Waals surface area contributed by atoms with Crippen LogP contribution in [0.15, 0.2) is 28.7 Å². The van der Waals surface area contributed by atoms with Gasteiger partial charge in [0.05, 0.1) is 5.92 Å². The number of hydrogen-bond donors (Lipinski definition) is 1. The molecule has 3 atom stereocenters. The molecule has 0 aromatic heterocycles. The number of rotatable bonds is 5. The minimum absolute atomic E-state index is 0.00436. The van der Waals surface area contributed by atoms with Gasteiger partial charge in [-0.3, -0.25) is 9.59 Å². The molecule has 108 valence electrons. The molecule has 1 aromatic carbocycles. The van der Waals surface area contributed by atoms with E-state index in [4.69, 9.17) is 5.11 Å². The van der Waals surface area contributed by atoms with Gasteiger partial charge in [0.25, 0.3) is 0 Å². The van der Waals surface area contributed by atoms with Gasteiger partial charge in [-0.05, 0) is 30.0 Å². The van der Waals surface area contributed by atoms with Crippen molar-refractivity contribution < 1.29 is 14.7 Å². The second-order valence-electron chi connectivity index (χ2n) is 5.46. The van der Waals surface area contributed by atoms with Crippen LogP contribution in [0.5, 0.6) is 0 Å². The van der Waals surface area contributed by atoms with E-state index in [-0.39, 0.29) is 24.3 Å². The Morgan fingerprint density at radius 2 is 2.20 bits per heavy atom. The Kier molecular flexibility index (Phi) is 4.48. The Hall–Kier alpha value is -1.36. The fraction of sp³-hybridized carbons (Fsp3) is 0.467. The highest BCUT2D eigenvalue weighted by molar-refractivity contribution is 9.10. The molecule has 0 heterocycles. The van der Waals surface area contributed by atoms with Crippen LogP contribution in [0.25, 0.3) is 0 Å². The van der Waals surface area contributed by atoms with E-state index in [0.29, 0.717) is 0 Å². The Morgan fingerprint density at radius 3 is 2.80 bits per heavy atom. The van der Waals surface area contributed by atoms with E-state index in [1.54, 1.807) is 18.9 Å². The summed E-state index contributed by atoms with van der Waals surface area (Å²) < 4.78 is 1.01. The first kappa shape index (κ1) is 15.0. The number of hydrogen-bond acceptors (Lipinski definition) is 2. The standard InChI is InChI=1S/C15H18BrNO3/c1-9(15(19)20)8-17(2)14(18)13-7-12(13)10-4-3-5-11(16)6-10/h3-6,9,12-13H,7-8H2,1-2H3,(H,19,20). The van der Waals surface area contributed by atoms with Crippen LogP contribution in [-0.2, 0) is 9.59 Å². The maximum absolute atomic E-state index is 12.3. The summed E-state index contributed by atoms with van der Waals surface area (Å²) in [7, 11) is 1.68. The van der Waals surface area contributed by atoms with Crippen molar-refractivity contribution >= 4 is 27.8 Å². The van der Waals surface area contributed by atoms with E-state index in [9.17, 15) is 9.59 Å². The predicted molar refractivity (Wildman–Crippen MR) is 79.4 cm³/mol. The molecular formula is C15H18BrNO3. The molecule has 3 unspecified atom stereocenters. The van der Waals surface area contributed by atoms with Crippen LogP contribution < -0.4 is 0 Å². The van der Waals surface area contributed by atoms with Gasteiger partial charge in [0.1, 0.15) is 0 Å². The Balaban J connectivity index is 1.94. The van der Waals surface area contributed by atoms with Crippen molar-refractivity contribution in [1.82, 2.24) is 4.90 Å². The third kappa shape index (κ3) is 3.39. The number of halogens is 1. The largest absolute Gasteiger partial charge is 0.481 e. The van der Waals surface area contributed by atoms with Crippen LogP contribution in [0, 0.1) is 11.8 Å². The van der Waals surface area contributed by atoms with Crippen molar-refractivity contribution in [2.75, 3.05) is 13.6 Å². The highest BCUT2D eigenvalue weighted by atomic mass is 79.9. The van der Waals surface area contributed by atoms with Crippen molar-refractivity contribution in [3.8, 4) is 0 Å². The zero-order chi connectivity index (χ0) is 14.9. The number of carboxylic acid groups (broad SMARTS) is 1. The molecule has 1 aromatic rings. The third-order valence-corrected chi connectivity index (χ3v) is 4.22. The average molecular weight is 340 g/mol. The summed E-state index contributed by atoms with van der Waals surface area (Å²) in [4.78, 5) is 24.6. The van der Waals surface area contributed by atoms with Gasteiger partial charge in [0, 0.05) is 24.0 Å². The third-order valence-electron chi connectivity index (χ3n) is 3.73. The van der Waals surface area contributed by atoms with Crippen LogP contribution >= 0.6 is 15.9 Å². The second-order valence-corrected chi connectivity index (χ2v) is 6.38. The number of nitrogens with zero attached hydrogens (tertiary/aromatic N) is 1. The average Bonchev–Trinajstić information content (AvgIpc) is 3.17. The molecule has 0 spiro atoms. The molecule has 1 aliphatic rings. The van der Waals surface area contributed by atoms with E-state index >= 15 is 0 Å². The van der Waals surface area contributed by atoms with Crippen molar-refractivity contribution in [3.05, 3.63) is 34.3 Å². The number of benzene rings is 1. The van der Waals surface area contributed by atoms with Gasteiger partial charge in [-0.2, -0.15) is 0 Å². The van der Waals surface area contributed by atoms with Crippen LogP contribution in [0.3, 0.4) is 0 Å². The van der Waals surface area contributed by atoms with Crippen LogP contribution in [-0.4, -0.2) is 35.5 Å². The van der Waals surface area contributed by atoms with Crippen LogP contribution in [0.4, 0.5) is 0 Å². The molecule has 1 N–H and O–H groups in total. The zero-order valence-corrected chi connectivity index (χ0v) is 13.1. The van der Waals surface area contributed by atoms with Crippen molar-refractivity contribution in [1.29, 1.82) is 0 Å². The summed E-state index contributed by atoms with van der Waals surface area (Å²) >= 11 is 3.43. The van der Waals surface area contributed by atoms with Gasteiger partial charge in [-0.1, -0.05) is 35.0 Å². The van der Waals surface area contributed by atoms with Crippen LogP contribution in [0.2, 0.25) is 0 Å². The topological polar surface area (TPSA) is 57.6 Å². The first-order valence-electron chi connectivity index (χ1n) is 6.63. The van der Waals surface area contributed by atoms with Gasteiger partial charge in [0.2, 0.25) is 5.91 Å². The highest BCUT2D eigenvalue weighted by Gasteiger charge is 2.45. The van der Waals surface area contributed by atoms with Gasteiger partial charge in [-0.25, -0.2) is 0 Å². The van der Waals surface area contributed by atoms with Crippen LogP contribution in [0.1, 0.15) is 24.8 Å². The highest BCUT2D eigenvalue weighted by Crippen LogP contribution is 2.48. The van der Waals surface area contributed by atoms with Gasteiger partial charge in [-0.15, -0.1) is 0 Å². The van der Waals surface area contributed by atoms with E-state index in [2.05, 4.69) is 15.9 Å². The molecule has 0 aliphatic heterocycles. The fourth-order valence-electron chi connectivity index (χ4n) is 2.44. The molecule has 0 bridgehead atoms. The lowest BCUT2D eigenvalue weighted by Gasteiger charge is -2.19. The maximum atomic E-state index is 12.3. The molecule has 0 radical (unpaired) electrons. The first-order valence-corrected chi connectivity index (χ1v) is 7.42. The Labute approximate surface area is 126 Å². The van der Waals surface area contributed by atoms with Crippen molar-refractivity contribution in [2.24, 2.45) is 11.8 Å². The molecule has 1 saturated carbocycles. The summed E-state index contributed by atoms with van der Waals surface area (Å²) in [5.74, 6) is -1.10. The van der Waals surface area contributed by atoms with Gasteiger partial charge >= 0.3 is 5.97 Å². The lowest BCUT2D eigenvalue weighted by atomic mass is 10.1. The van der Waals surface area contributed by atoms with E-state index < -0.39 is 11.9 Å². The molecule has 20 heavy (non-hydrogen) atoms. The SMILES string of the molecule is CC(CN(C)C(=O)C1CC1c1cccc(Br)c1)C(=O)O. The Bertz CT molecular complexity index is 532. The number of carbonyl (C=O) groups is 2. The number of carbonyl (C=O) groups excluding carboxylic acids is 1. The Morgan fingerprint density at radius 1 is 1.50 bits per heavy atom. The van der Waals surface area contributed by atoms with E-state index in [1.807, 2.05) is 24.3 Å². The normalized spacial score (nSPS) is 22.1. The molecule has 1 fully saturated rings. The van der Waals surface area contributed by atoms with Crippen molar-refractivity contribution in [3.63, 3.8) is 0 Å². The smallest absolute Gasteiger partial charge is 0.308 e. The van der Waals surface area contributed by atoms with Crippen molar-refractivity contribution in [2.45, 2.75) is 19.3 Å². The second kappa shape index (κ2) is 5.95. The molecule has 2 rings (SSSR count). The monoisotopic (exact) mass is 339 g/mol. The first-order chi connectivity index (χ1) is 9.40. The van der Waals surface area contributed by atoms with E-state index in [1.165, 1.54) is 0 Å². The van der Waals surface area contributed by atoms with Gasteiger partial charge in [0.15, 0.2) is 0 Å². The summed E-state index contributed by atoms with van der Waals surface area (Å²) in [5.41, 5.74) is 1.16. The lowest BCUT2D eigenvalue weighted by Crippen LogP contribution is -2.34. The number of carboxylic acids is 1. The fourth-order valence-corrected chi connectivity index (χ4v) is 2.85. The summed E-state index contributed by atoms with van der Waals surface area (Å²) in [6, 6.07) is 8.00. The summed E-state index contributed by atoms with van der Waals surface area (Å²) in [6.07, 6.45) is 0.848. The number of amides is 1. The predicted octanol–water partition coefficient (Wildman–Crippen LogP) is 2.73. The molecular weight excluding hydrogens is 322 g/mol. The molecule has 4 nitrogen and oxygen atoms in total. The molecule has 1 amide bonds. The minimum Gasteiger partial charge on any atom is -0.481 e. The summed E-state index contributed by atoms with van der Waals surface area (Å²) in [6.45, 7) is 1.88. The molecule has 0 saturated heterocycles. The zero-order valence-electron chi connectivity index (χ0n) is 11.5. The molecule has 1 aliphatic carbocycles. The summed E-state index contributed by atoms with van der Waals surface area (Å²) in [5, 5.41) is 8.88. The van der Waals surface area contributed by atoms with E-state index in [0.717, 1.165) is 16.5 Å². The molecule has 5 heteroatoms. The minimum atomic E-state index is -0.871. The maximum Gasteiger partial charge on any atom is 0.308 e. The van der Waals surface area contributed by atoms with Gasteiger partial charge < -0.3 is 10.0 Å². The quantitative estimate of drug-likeness (QED) is 0.897. The lowest BCUT2D eigenvalue weighted by molar-refractivity contribution is -0.142. The number of aliphatic carboxylic acids is 1.